The van der Waals surface area contributed by atoms with Crippen LogP contribution in [0.1, 0.15) is 27.7 Å². The van der Waals surface area contributed by atoms with Crippen molar-refractivity contribution in [3.63, 3.8) is 0 Å². The molecule has 0 N–H and O–H groups in total. The standard InChI is InChI=1S/C9H14F6O6S2/c1-5(20-22(16,17)8(10,11)12)6(7(2,3)4)21-23(18,19)9(13,14)15/h5-6H,1-4H3. The number of hydrogen-bond donors (Lipinski definition) is 0. The Morgan fingerprint density at radius 2 is 1.04 bits per heavy atom. The van der Waals surface area contributed by atoms with Gasteiger partial charge in [-0.15, -0.1) is 0 Å². The van der Waals surface area contributed by atoms with Crippen LogP contribution in [-0.2, 0) is 28.6 Å². The largest absolute Gasteiger partial charge is 0.523 e. The SMILES string of the molecule is CC(OS(=O)(=O)C(F)(F)F)C(OS(=O)(=O)C(F)(F)F)C(C)(C)C. The van der Waals surface area contributed by atoms with Gasteiger partial charge in [-0.05, 0) is 12.3 Å². The maximum absolute atomic E-state index is 12.3. The molecule has 0 radical (unpaired) electrons. The monoisotopic (exact) mass is 396 g/mol. The fourth-order valence-corrected chi connectivity index (χ4v) is 2.86. The molecule has 0 fully saturated rings. The Labute approximate surface area is 129 Å². The highest BCUT2D eigenvalue weighted by Gasteiger charge is 2.53. The van der Waals surface area contributed by atoms with Gasteiger partial charge in [-0.2, -0.15) is 43.2 Å². The van der Waals surface area contributed by atoms with Gasteiger partial charge in [0.25, 0.3) is 0 Å². The Morgan fingerprint density at radius 3 is 1.30 bits per heavy atom. The minimum Gasteiger partial charge on any atom is -0.257 e. The van der Waals surface area contributed by atoms with E-state index in [9.17, 15) is 43.2 Å². The number of alkyl halides is 6. The van der Waals surface area contributed by atoms with Crippen molar-refractivity contribution in [2.45, 2.75) is 50.9 Å². The third-order valence-electron chi connectivity index (χ3n) is 2.36. The molecule has 0 rings (SSSR count). The molecule has 0 aliphatic rings. The Hall–Kier alpha value is -0.600. The van der Waals surface area contributed by atoms with E-state index in [0.717, 1.165) is 20.8 Å². The fourth-order valence-electron chi connectivity index (χ4n) is 1.42. The van der Waals surface area contributed by atoms with E-state index in [4.69, 9.17) is 0 Å². The Bertz CT molecular complexity index is 612. The van der Waals surface area contributed by atoms with Gasteiger partial charge < -0.3 is 0 Å². The molecule has 23 heavy (non-hydrogen) atoms. The molecular weight excluding hydrogens is 382 g/mol. The predicted octanol–water partition coefficient (Wildman–Crippen LogP) is 2.52. The first-order chi connectivity index (χ1) is 9.72. The van der Waals surface area contributed by atoms with Crippen molar-refractivity contribution in [1.29, 1.82) is 0 Å². The van der Waals surface area contributed by atoms with Crippen LogP contribution in [0.4, 0.5) is 26.3 Å². The van der Waals surface area contributed by atoms with Crippen LogP contribution in [0.25, 0.3) is 0 Å². The summed E-state index contributed by atoms with van der Waals surface area (Å²) in [6.45, 7) is 4.03. The molecule has 0 aliphatic heterocycles. The Kier molecular flexibility index (Phi) is 6.20. The zero-order valence-corrected chi connectivity index (χ0v) is 13.8. The first-order valence-electron chi connectivity index (χ1n) is 5.71. The van der Waals surface area contributed by atoms with E-state index in [1.54, 1.807) is 0 Å². The highest BCUT2D eigenvalue weighted by Crippen LogP contribution is 2.35. The van der Waals surface area contributed by atoms with Gasteiger partial charge in [-0.1, -0.05) is 20.8 Å². The van der Waals surface area contributed by atoms with E-state index < -0.39 is 48.9 Å². The summed E-state index contributed by atoms with van der Waals surface area (Å²) >= 11 is 0. The molecule has 0 saturated carbocycles. The lowest BCUT2D eigenvalue weighted by Gasteiger charge is -2.33. The van der Waals surface area contributed by atoms with E-state index >= 15 is 0 Å². The molecule has 0 spiro atoms. The minimum atomic E-state index is -6.17. The molecule has 0 aliphatic carbocycles. The normalized spacial score (nSPS) is 17.8. The summed E-state index contributed by atoms with van der Waals surface area (Å²) in [7, 11) is -12.3. The molecule has 0 aromatic carbocycles. The molecule has 14 heteroatoms. The van der Waals surface area contributed by atoms with Crippen LogP contribution in [0.15, 0.2) is 0 Å². The second-order valence-corrected chi connectivity index (χ2v) is 8.61. The van der Waals surface area contributed by atoms with Crippen LogP contribution in [0.2, 0.25) is 0 Å². The molecule has 0 aromatic heterocycles. The van der Waals surface area contributed by atoms with Gasteiger partial charge in [-0.3, -0.25) is 8.37 Å². The number of hydrogen-bond acceptors (Lipinski definition) is 6. The van der Waals surface area contributed by atoms with Gasteiger partial charge >= 0.3 is 31.3 Å². The van der Waals surface area contributed by atoms with Crippen molar-refractivity contribution in [2.75, 3.05) is 0 Å². The Morgan fingerprint density at radius 1 is 0.739 bits per heavy atom. The summed E-state index contributed by atoms with van der Waals surface area (Å²) < 4.78 is 125. The molecule has 2 unspecified atom stereocenters. The lowest BCUT2D eigenvalue weighted by atomic mass is 9.86. The molecule has 0 bridgehead atoms. The summed E-state index contributed by atoms with van der Waals surface area (Å²) in [6.07, 6.45) is -4.33. The molecule has 0 heterocycles. The van der Waals surface area contributed by atoms with Crippen LogP contribution < -0.4 is 0 Å². The zero-order chi connectivity index (χ0) is 19.1. The van der Waals surface area contributed by atoms with Crippen molar-refractivity contribution in [3.8, 4) is 0 Å². The van der Waals surface area contributed by atoms with Gasteiger partial charge in [0.15, 0.2) is 0 Å². The maximum atomic E-state index is 12.3. The van der Waals surface area contributed by atoms with Crippen LogP contribution in [0.3, 0.4) is 0 Å². The summed E-state index contributed by atoms with van der Waals surface area (Å²) in [5.41, 5.74) is -13.2. The van der Waals surface area contributed by atoms with Crippen molar-refractivity contribution >= 4 is 20.2 Å². The van der Waals surface area contributed by atoms with Gasteiger partial charge in [0.2, 0.25) is 0 Å². The molecule has 6 nitrogen and oxygen atoms in total. The lowest BCUT2D eigenvalue weighted by molar-refractivity contribution is -0.0800. The van der Waals surface area contributed by atoms with Crippen molar-refractivity contribution < 1.29 is 51.5 Å². The Balaban J connectivity index is 5.64. The smallest absolute Gasteiger partial charge is 0.257 e. The molecule has 0 saturated heterocycles. The molecule has 2 atom stereocenters. The zero-order valence-electron chi connectivity index (χ0n) is 12.2. The molecule has 0 amide bonds. The van der Waals surface area contributed by atoms with Crippen LogP contribution in [-0.4, -0.2) is 40.1 Å². The summed E-state index contributed by atoms with van der Waals surface area (Å²) in [6, 6.07) is 0. The quantitative estimate of drug-likeness (QED) is 0.403. The summed E-state index contributed by atoms with van der Waals surface area (Å²) in [4.78, 5) is 0. The van der Waals surface area contributed by atoms with E-state index in [0.29, 0.717) is 6.92 Å². The van der Waals surface area contributed by atoms with Gasteiger partial charge in [0.1, 0.15) is 12.2 Å². The van der Waals surface area contributed by atoms with E-state index in [2.05, 4.69) is 8.37 Å². The van der Waals surface area contributed by atoms with Crippen LogP contribution in [0, 0.1) is 5.41 Å². The van der Waals surface area contributed by atoms with E-state index in [1.807, 2.05) is 0 Å². The maximum Gasteiger partial charge on any atom is 0.523 e. The van der Waals surface area contributed by atoms with Gasteiger partial charge in [-0.25, -0.2) is 0 Å². The van der Waals surface area contributed by atoms with Crippen molar-refractivity contribution in [2.24, 2.45) is 5.41 Å². The van der Waals surface area contributed by atoms with E-state index in [-0.39, 0.29) is 0 Å². The summed E-state index contributed by atoms with van der Waals surface area (Å²) in [5, 5.41) is 0. The minimum absolute atomic E-state index is 0.644. The highest BCUT2D eigenvalue weighted by molar-refractivity contribution is 7.88. The van der Waals surface area contributed by atoms with Crippen LogP contribution >= 0.6 is 0 Å². The van der Waals surface area contributed by atoms with Gasteiger partial charge in [0, 0.05) is 0 Å². The first-order valence-corrected chi connectivity index (χ1v) is 8.53. The number of rotatable bonds is 5. The highest BCUT2D eigenvalue weighted by atomic mass is 32.2. The van der Waals surface area contributed by atoms with E-state index in [1.165, 1.54) is 0 Å². The average Bonchev–Trinajstić information content (AvgIpc) is 2.20. The lowest BCUT2D eigenvalue weighted by Crippen LogP contribution is -2.45. The third-order valence-corrected chi connectivity index (χ3v) is 4.51. The van der Waals surface area contributed by atoms with Crippen LogP contribution in [0.5, 0.6) is 0 Å². The fraction of sp³-hybridized carbons (Fsp3) is 1.00. The predicted molar refractivity (Wildman–Crippen MR) is 64.8 cm³/mol. The second kappa shape index (κ2) is 6.37. The first kappa shape index (κ1) is 22.4. The molecular formula is C9H14F6O6S2. The molecule has 140 valence electrons. The average molecular weight is 396 g/mol. The van der Waals surface area contributed by atoms with Gasteiger partial charge in [0.05, 0.1) is 0 Å². The topological polar surface area (TPSA) is 86.7 Å². The molecule has 0 aromatic rings. The summed E-state index contributed by atoms with van der Waals surface area (Å²) in [5.74, 6) is 0. The van der Waals surface area contributed by atoms with Crippen molar-refractivity contribution in [1.82, 2.24) is 0 Å². The number of halogens is 6. The second-order valence-electron chi connectivity index (χ2n) is 5.48. The van der Waals surface area contributed by atoms with Crippen molar-refractivity contribution in [3.05, 3.63) is 0 Å². The third kappa shape index (κ3) is 5.76.